The predicted octanol–water partition coefficient (Wildman–Crippen LogP) is 1.65. The third-order valence-corrected chi connectivity index (χ3v) is 2.71. The standard InChI is InChI=1S/C11H20N2O/c1-3-4-5-6-13(2)8-11(7-12)9-14-10-11/h3-6,8-10H2,1-2H3. The first kappa shape index (κ1) is 11.5. The fourth-order valence-electron chi connectivity index (χ4n) is 1.77. The molecule has 0 N–H and O–H groups in total. The smallest absolute Gasteiger partial charge is 0.116 e. The van der Waals surface area contributed by atoms with Gasteiger partial charge in [0.1, 0.15) is 5.41 Å². The molecule has 0 aromatic rings. The molecule has 3 heteroatoms. The van der Waals surface area contributed by atoms with Crippen molar-refractivity contribution in [3.63, 3.8) is 0 Å². The fourth-order valence-corrected chi connectivity index (χ4v) is 1.77. The topological polar surface area (TPSA) is 36.3 Å². The van der Waals surface area contributed by atoms with Gasteiger partial charge in [-0.05, 0) is 20.0 Å². The van der Waals surface area contributed by atoms with Crippen LogP contribution in [0.1, 0.15) is 26.2 Å². The summed E-state index contributed by atoms with van der Waals surface area (Å²) in [5, 5.41) is 9.00. The van der Waals surface area contributed by atoms with Gasteiger partial charge in [-0.25, -0.2) is 0 Å². The second-order valence-corrected chi connectivity index (χ2v) is 4.33. The van der Waals surface area contributed by atoms with Gasteiger partial charge in [0.2, 0.25) is 0 Å². The van der Waals surface area contributed by atoms with Crippen LogP contribution in [0, 0.1) is 16.7 Å². The predicted molar refractivity (Wildman–Crippen MR) is 55.9 cm³/mol. The van der Waals surface area contributed by atoms with Gasteiger partial charge in [-0.15, -0.1) is 0 Å². The van der Waals surface area contributed by atoms with Crippen molar-refractivity contribution < 1.29 is 4.74 Å². The Morgan fingerprint density at radius 1 is 1.43 bits per heavy atom. The average Bonchev–Trinajstić information content (AvgIpc) is 2.12. The highest BCUT2D eigenvalue weighted by Crippen LogP contribution is 2.27. The summed E-state index contributed by atoms with van der Waals surface area (Å²) in [5.74, 6) is 0. The van der Waals surface area contributed by atoms with E-state index in [-0.39, 0.29) is 5.41 Å². The van der Waals surface area contributed by atoms with Gasteiger partial charge >= 0.3 is 0 Å². The van der Waals surface area contributed by atoms with Gasteiger partial charge in [-0.3, -0.25) is 0 Å². The number of rotatable bonds is 6. The highest BCUT2D eigenvalue weighted by molar-refractivity contribution is 5.05. The minimum atomic E-state index is -0.207. The van der Waals surface area contributed by atoms with Gasteiger partial charge in [-0.2, -0.15) is 5.26 Å². The molecular weight excluding hydrogens is 176 g/mol. The van der Waals surface area contributed by atoms with E-state index in [1.54, 1.807) is 0 Å². The van der Waals surface area contributed by atoms with E-state index in [9.17, 15) is 0 Å². The normalized spacial score (nSPS) is 19.0. The third kappa shape index (κ3) is 2.97. The summed E-state index contributed by atoms with van der Waals surface area (Å²) in [7, 11) is 2.09. The maximum atomic E-state index is 9.00. The lowest BCUT2D eigenvalue weighted by Gasteiger charge is -2.37. The van der Waals surface area contributed by atoms with Gasteiger partial charge in [0, 0.05) is 6.54 Å². The molecule has 0 unspecified atom stereocenters. The molecule has 0 aromatic carbocycles. The molecule has 0 bridgehead atoms. The summed E-state index contributed by atoms with van der Waals surface area (Å²) in [5.41, 5.74) is -0.207. The number of nitrogens with zero attached hydrogens (tertiary/aromatic N) is 2. The van der Waals surface area contributed by atoms with Crippen molar-refractivity contribution >= 4 is 0 Å². The monoisotopic (exact) mass is 196 g/mol. The van der Waals surface area contributed by atoms with E-state index < -0.39 is 0 Å². The van der Waals surface area contributed by atoms with E-state index >= 15 is 0 Å². The molecule has 1 fully saturated rings. The lowest BCUT2D eigenvalue weighted by atomic mass is 9.87. The van der Waals surface area contributed by atoms with Crippen LogP contribution in [-0.2, 0) is 4.74 Å². The minimum absolute atomic E-state index is 0.207. The zero-order chi connectivity index (χ0) is 10.4. The molecule has 0 saturated carbocycles. The molecule has 1 rings (SSSR count). The molecule has 14 heavy (non-hydrogen) atoms. The summed E-state index contributed by atoms with van der Waals surface area (Å²) in [6.07, 6.45) is 3.76. The number of nitriles is 1. The average molecular weight is 196 g/mol. The number of hydrogen-bond donors (Lipinski definition) is 0. The SMILES string of the molecule is CCCCCN(C)CC1(C#N)COC1. The molecule has 0 aliphatic carbocycles. The van der Waals surface area contributed by atoms with Gasteiger partial charge < -0.3 is 9.64 Å². The zero-order valence-corrected chi connectivity index (χ0v) is 9.25. The van der Waals surface area contributed by atoms with Gasteiger partial charge in [-0.1, -0.05) is 19.8 Å². The molecule has 0 aromatic heterocycles. The van der Waals surface area contributed by atoms with Crippen LogP contribution in [0.4, 0.5) is 0 Å². The molecule has 0 atom stereocenters. The summed E-state index contributed by atoms with van der Waals surface area (Å²) in [4.78, 5) is 2.25. The first-order chi connectivity index (χ1) is 6.72. The molecule has 0 radical (unpaired) electrons. The molecule has 3 nitrogen and oxygen atoms in total. The second-order valence-electron chi connectivity index (χ2n) is 4.33. The largest absolute Gasteiger partial charge is 0.378 e. The van der Waals surface area contributed by atoms with E-state index in [0.717, 1.165) is 13.1 Å². The van der Waals surface area contributed by atoms with Crippen LogP contribution in [0.5, 0.6) is 0 Å². The summed E-state index contributed by atoms with van der Waals surface area (Å²) in [6, 6.07) is 2.37. The van der Waals surface area contributed by atoms with Crippen LogP contribution < -0.4 is 0 Å². The Balaban J connectivity index is 2.19. The van der Waals surface area contributed by atoms with Crippen molar-refractivity contribution in [2.24, 2.45) is 5.41 Å². The summed E-state index contributed by atoms with van der Waals surface area (Å²) in [6.45, 7) is 5.38. The molecule has 1 aliphatic heterocycles. The van der Waals surface area contributed by atoms with Crippen molar-refractivity contribution in [3.8, 4) is 6.07 Å². The summed E-state index contributed by atoms with van der Waals surface area (Å²) < 4.78 is 5.11. The van der Waals surface area contributed by atoms with Crippen LogP contribution in [0.25, 0.3) is 0 Å². The Morgan fingerprint density at radius 3 is 2.57 bits per heavy atom. The van der Waals surface area contributed by atoms with Crippen LogP contribution in [0.3, 0.4) is 0 Å². The van der Waals surface area contributed by atoms with Crippen LogP contribution in [-0.4, -0.2) is 38.3 Å². The molecule has 1 heterocycles. The Labute approximate surface area is 86.6 Å². The number of hydrogen-bond acceptors (Lipinski definition) is 3. The van der Waals surface area contributed by atoms with Crippen molar-refractivity contribution in [1.82, 2.24) is 4.90 Å². The lowest BCUT2D eigenvalue weighted by molar-refractivity contribution is -0.0888. The lowest BCUT2D eigenvalue weighted by Crippen LogP contribution is -2.49. The zero-order valence-electron chi connectivity index (χ0n) is 9.25. The molecule has 1 saturated heterocycles. The van der Waals surface area contributed by atoms with E-state index in [4.69, 9.17) is 10.00 Å². The third-order valence-electron chi connectivity index (χ3n) is 2.71. The van der Waals surface area contributed by atoms with Gasteiger partial charge in [0.15, 0.2) is 0 Å². The number of ether oxygens (including phenoxy) is 1. The quantitative estimate of drug-likeness (QED) is 0.606. The molecular formula is C11H20N2O. The van der Waals surface area contributed by atoms with E-state index in [0.29, 0.717) is 13.2 Å². The van der Waals surface area contributed by atoms with Crippen molar-refractivity contribution in [2.75, 3.05) is 33.4 Å². The van der Waals surface area contributed by atoms with E-state index in [1.807, 2.05) is 0 Å². The Bertz CT molecular complexity index is 206. The van der Waals surface area contributed by atoms with Crippen LogP contribution in [0.15, 0.2) is 0 Å². The van der Waals surface area contributed by atoms with Crippen LogP contribution in [0.2, 0.25) is 0 Å². The van der Waals surface area contributed by atoms with Crippen molar-refractivity contribution in [3.05, 3.63) is 0 Å². The molecule has 0 spiro atoms. The van der Waals surface area contributed by atoms with Gasteiger partial charge in [0.25, 0.3) is 0 Å². The van der Waals surface area contributed by atoms with E-state index in [2.05, 4.69) is 24.9 Å². The second kappa shape index (κ2) is 5.33. The number of unbranched alkanes of at least 4 members (excludes halogenated alkanes) is 2. The molecule has 1 aliphatic rings. The van der Waals surface area contributed by atoms with Crippen LogP contribution >= 0.6 is 0 Å². The van der Waals surface area contributed by atoms with Crippen molar-refractivity contribution in [2.45, 2.75) is 26.2 Å². The maximum absolute atomic E-state index is 9.00. The Kier molecular flexibility index (Phi) is 4.37. The first-order valence-electron chi connectivity index (χ1n) is 5.40. The highest BCUT2D eigenvalue weighted by atomic mass is 16.5. The fraction of sp³-hybridized carbons (Fsp3) is 0.909. The first-order valence-corrected chi connectivity index (χ1v) is 5.40. The van der Waals surface area contributed by atoms with Gasteiger partial charge in [0.05, 0.1) is 19.3 Å². The minimum Gasteiger partial charge on any atom is -0.378 e. The van der Waals surface area contributed by atoms with E-state index in [1.165, 1.54) is 19.3 Å². The highest BCUT2D eigenvalue weighted by Gasteiger charge is 2.39. The Hall–Kier alpha value is -0.590. The molecule has 80 valence electrons. The summed E-state index contributed by atoms with van der Waals surface area (Å²) >= 11 is 0. The maximum Gasteiger partial charge on any atom is 0.116 e. The van der Waals surface area contributed by atoms with Crippen molar-refractivity contribution in [1.29, 1.82) is 5.26 Å². The Morgan fingerprint density at radius 2 is 2.14 bits per heavy atom. The molecule has 0 amide bonds.